The van der Waals surface area contributed by atoms with Crippen LogP contribution < -0.4 is 0 Å². The number of hydrogen-bond acceptors (Lipinski definition) is 6. The fourth-order valence-electron chi connectivity index (χ4n) is 0.244. The zero-order chi connectivity index (χ0) is 5.98. The summed E-state index contributed by atoms with van der Waals surface area (Å²) < 4.78 is 22.7. The van der Waals surface area contributed by atoms with Crippen molar-refractivity contribution in [3.8, 4) is 0 Å². The van der Waals surface area contributed by atoms with E-state index in [1.807, 2.05) is 5.34 Å². The molecular weight excluding hydrogens is 169 g/mol. The Kier molecular flexibility index (Phi) is 2.25. The molecule has 8 heteroatoms. The molecule has 1 saturated heterocycles. The van der Waals surface area contributed by atoms with Crippen LogP contribution in [0.25, 0.3) is 0 Å². The molecule has 1 aliphatic heterocycles. The van der Waals surface area contributed by atoms with Gasteiger partial charge >= 0.3 is 56.0 Å². The molecule has 42 valence electrons. The topological polar surface area (TPSA) is 74.2 Å². The Morgan fingerprint density at radius 2 is 2.25 bits per heavy atom. The molecule has 0 aliphatic carbocycles. The SMILES string of the molecule is O=N[O][Al]1[O][Ti](=[O])[O]1. The molecule has 0 unspecified atom stereocenters. The molecule has 0 saturated carbocycles. The van der Waals surface area contributed by atoms with Crippen LogP contribution in [0.2, 0.25) is 0 Å². The van der Waals surface area contributed by atoms with E-state index in [2.05, 4.69) is 8.63 Å². The second-order valence-corrected chi connectivity index (χ2v) is 5.20. The van der Waals surface area contributed by atoms with Crippen molar-refractivity contribution >= 4 is 15.1 Å². The van der Waals surface area contributed by atoms with Crippen molar-refractivity contribution in [2.45, 2.75) is 0 Å². The van der Waals surface area contributed by atoms with Gasteiger partial charge in [-0.2, -0.15) is 0 Å². The summed E-state index contributed by atoms with van der Waals surface area (Å²) in [5.74, 6) is 0. The Hall–Kier alpha value is 0.367. The average molecular weight is 169 g/mol. The third kappa shape index (κ3) is 1.42. The van der Waals surface area contributed by atoms with Crippen LogP contribution in [0.1, 0.15) is 0 Å². The van der Waals surface area contributed by atoms with Crippen molar-refractivity contribution in [1.82, 2.24) is 0 Å². The first kappa shape index (κ1) is 6.49. The number of hydrogen-bond donors (Lipinski definition) is 0. The maximum absolute atomic E-state index is 10.0. The van der Waals surface area contributed by atoms with E-state index >= 15 is 0 Å². The third-order valence-electron chi connectivity index (χ3n) is 0.514. The van der Waals surface area contributed by atoms with Crippen LogP contribution in [-0.4, -0.2) is 15.1 Å². The molecule has 0 radical (unpaired) electrons. The van der Waals surface area contributed by atoms with E-state index in [9.17, 15) is 8.23 Å². The maximum atomic E-state index is 10.0. The zero-order valence-electron chi connectivity index (χ0n) is 3.57. The molecule has 6 nitrogen and oxygen atoms in total. The van der Waals surface area contributed by atoms with E-state index in [1.165, 1.54) is 0 Å². The monoisotopic (exact) mass is 169 g/mol. The van der Waals surface area contributed by atoms with Crippen LogP contribution in [0.3, 0.4) is 0 Å². The summed E-state index contributed by atoms with van der Waals surface area (Å²) in [5.41, 5.74) is 0. The summed E-state index contributed by atoms with van der Waals surface area (Å²) in [7, 11) is 0. The number of rotatable bonds is 2. The van der Waals surface area contributed by atoms with Gasteiger partial charge in [0, 0.05) is 0 Å². The van der Waals surface area contributed by atoms with Crippen molar-refractivity contribution in [2.24, 2.45) is 5.34 Å². The molecule has 0 N–H and O–H groups in total. The van der Waals surface area contributed by atoms with Gasteiger partial charge in [-0.15, -0.1) is 0 Å². The summed E-state index contributed by atoms with van der Waals surface area (Å²) in [6.07, 6.45) is 0. The molecular formula is AlNO5Ti. The van der Waals surface area contributed by atoms with E-state index in [0.29, 0.717) is 0 Å². The minimum absolute atomic E-state index is 2.04. The molecule has 0 spiro atoms. The van der Waals surface area contributed by atoms with Gasteiger partial charge in [0.1, 0.15) is 0 Å². The van der Waals surface area contributed by atoms with Crippen LogP contribution in [0, 0.1) is 4.91 Å². The van der Waals surface area contributed by atoms with E-state index in [1.54, 1.807) is 0 Å². The Bertz CT molecular complexity index is 113. The van der Waals surface area contributed by atoms with Crippen molar-refractivity contribution < 1.29 is 30.6 Å². The zero-order valence-corrected chi connectivity index (χ0v) is 6.28. The van der Waals surface area contributed by atoms with Gasteiger partial charge in [0.15, 0.2) is 0 Å². The van der Waals surface area contributed by atoms with Gasteiger partial charge in [-0.1, -0.05) is 0 Å². The summed E-state index contributed by atoms with van der Waals surface area (Å²) in [4.78, 5) is 9.23. The second kappa shape index (κ2) is 2.78. The third-order valence-corrected chi connectivity index (χ3v) is 5.15. The summed E-state index contributed by atoms with van der Waals surface area (Å²) in [5, 5.41) is 2.04. The van der Waals surface area contributed by atoms with Gasteiger partial charge in [0.05, 0.1) is 0 Å². The molecule has 1 rings (SSSR count). The molecule has 0 amide bonds. The molecule has 0 aromatic rings. The summed E-state index contributed by atoms with van der Waals surface area (Å²) in [6.45, 7) is 0. The quantitative estimate of drug-likeness (QED) is 0.316. The van der Waals surface area contributed by atoms with Crippen LogP contribution in [0.15, 0.2) is 5.34 Å². The Labute approximate surface area is 56.1 Å². The van der Waals surface area contributed by atoms with Gasteiger partial charge < -0.3 is 0 Å². The van der Waals surface area contributed by atoms with Crippen LogP contribution in [0.4, 0.5) is 0 Å². The fraction of sp³-hybridized carbons (Fsp3) is 0. The van der Waals surface area contributed by atoms with Crippen molar-refractivity contribution in [3.63, 3.8) is 0 Å². The fourth-order valence-corrected chi connectivity index (χ4v) is 2.69. The summed E-state index contributed by atoms with van der Waals surface area (Å²) in [6, 6.07) is 0. The standard InChI is InChI=1S/Al.HNO2.3O.Ti/c;2-1-3;;;;/h;(H,2,3);;;;/q+1;;;;;/p-1. The van der Waals surface area contributed by atoms with Gasteiger partial charge in [-0.05, 0) is 0 Å². The average Bonchev–Trinajstić information content (AvgIpc) is 1.64. The molecule has 8 heavy (non-hydrogen) atoms. The first-order chi connectivity index (χ1) is 3.83. The van der Waals surface area contributed by atoms with E-state index in [4.69, 9.17) is 0 Å². The normalized spacial score (nSPS) is 17.5. The molecule has 1 heterocycles. The predicted molar refractivity (Wildman–Crippen MR) is 15.5 cm³/mol. The molecule has 1 aliphatic rings. The van der Waals surface area contributed by atoms with Crippen LogP contribution >= 0.6 is 0 Å². The van der Waals surface area contributed by atoms with E-state index in [0.717, 1.165) is 0 Å². The first-order valence-corrected chi connectivity index (χ1v) is 5.01. The van der Waals surface area contributed by atoms with Crippen LogP contribution in [-0.2, 0) is 30.6 Å². The van der Waals surface area contributed by atoms with Crippen molar-refractivity contribution in [3.05, 3.63) is 4.91 Å². The van der Waals surface area contributed by atoms with E-state index < -0.39 is 33.8 Å². The minimum atomic E-state index is -2.79. The molecule has 0 atom stereocenters. The Morgan fingerprint density at radius 3 is 2.62 bits per heavy atom. The van der Waals surface area contributed by atoms with Crippen LogP contribution in [0.5, 0.6) is 0 Å². The van der Waals surface area contributed by atoms with E-state index in [-0.39, 0.29) is 0 Å². The van der Waals surface area contributed by atoms with Crippen molar-refractivity contribution in [1.29, 1.82) is 0 Å². The molecule has 0 bridgehead atoms. The van der Waals surface area contributed by atoms with Crippen molar-refractivity contribution in [2.75, 3.05) is 0 Å². The second-order valence-electron chi connectivity index (χ2n) is 0.954. The van der Waals surface area contributed by atoms with Gasteiger partial charge in [-0.3, -0.25) is 0 Å². The number of nitrogens with zero attached hydrogens (tertiary/aromatic N) is 1. The van der Waals surface area contributed by atoms with Gasteiger partial charge in [0.25, 0.3) is 0 Å². The molecule has 1 fully saturated rings. The van der Waals surface area contributed by atoms with Gasteiger partial charge in [0.2, 0.25) is 0 Å². The Balaban J connectivity index is 2.15. The molecule has 0 aromatic carbocycles. The summed E-state index contributed by atoms with van der Waals surface area (Å²) >= 11 is -5.07. The Morgan fingerprint density at radius 1 is 1.62 bits per heavy atom. The van der Waals surface area contributed by atoms with Gasteiger partial charge in [-0.25, -0.2) is 0 Å². The first-order valence-electron chi connectivity index (χ1n) is 1.68. The predicted octanol–water partition coefficient (Wildman–Crippen LogP) is -0.490. The molecule has 0 aromatic heterocycles.